The van der Waals surface area contributed by atoms with Crippen molar-refractivity contribution in [2.24, 2.45) is 5.41 Å². The second-order valence-corrected chi connectivity index (χ2v) is 8.44. The number of likely N-dealkylation sites (tertiary alicyclic amines) is 1. The molecule has 0 bridgehead atoms. The summed E-state index contributed by atoms with van der Waals surface area (Å²) in [5.41, 5.74) is 3.70. The van der Waals surface area contributed by atoms with E-state index in [1.54, 1.807) is 6.07 Å². The number of fused-ring (bicyclic) bond motifs is 1. The van der Waals surface area contributed by atoms with E-state index in [4.69, 9.17) is 0 Å². The highest BCUT2D eigenvalue weighted by molar-refractivity contribution is 6.08. The first-order valence-corrected chi connectivity index (χ1v) is 10.4. The number of carbonyl (C=O) groups excluding carboxylic acids is 2. The maximum absolute atomic E-state index is 13.1. The van der Waals surface area contributed by atoms with Gasteiger partial charge in [-0.2, -0.15) is 0 Å². The molecule has 0 radical (unpaired) electrons. The average molecular weight is 390 g/mol. The van der Waals surface area contributed by atoms with Crippen molar-refractivity contribution >= 4 is 23.3 Å². The number of rotatable bonds is 2. The Bertz CT molecular complexity index is 951. The third-order valence-electron chi connectivity index (χ3n) is 6.55. The van der Waals surface area contributed by atoms with Crippen molar-refractivity contribution in [1.29, 1.82) is 0 Å². The van der Waals surface area contributed by atoms with E-state index in [1.807, 2.05) is 46.2 Å². The molecule has 2 fully saturated rings. The fourth-order valence-electron chi connectivity index (χ4n) is 4.89. The van der Waals surface area contributed by atoms with Crippen LogP contribution in [0.2, 0.25) is 0 Å². The van der Waals surface area contributed by atoms with Gasteiger partial charge in [0.1, 0.15) is 0 Å². The Morgan fingerprint density at radius 1 is 1.03 bits per heavy atom. The molecule has 29 heavy (non-hydrogen) atoms. The number of hydrogen-bond acceptors (Lipinski definition) is 3. The Kier molecular flexibility index (Phi) is 4.51. The third kappa shape index (κ3) is 3.38. The van der Waals surface area contributed by atoms with Crippen LogP contribution in [0.3, 0.4) is 0 Å². The summed E-state index contributed by atoms with van der Waals surface area (Å²) in [5, 5.41) is 6.41. The van der Waals surface area contributed by atoms with Crippen LogP contribution in [0.15, 0.2) is 48.5 Å². The lowest BCUT2D eigenvalue weighted by Gasteiger charge is -2.23. The van der Waals surface area contributed by atoms with Crippen molar-refractivity contribution in [2.45, 2.75) is 19.3 Å². The van der Waals surface area contributed by atoms with Crippen LogP contribution in [0.1, 0.15) is 28.8 Å². The van der Waals surface area contributed by atoms with Crippen LogP contribution >= 0.6 is 0 Å². The molecule has 0 saturated carbocycles. The topological polar surface area (TPSA) is 64.7 Å². The van der Waals surface area contributed by atoms with Gasteiger partial charge in [-0.05, 0) is 55.6 Å². The van der Waals surface area contributed by atoms with Gasteiger partial charge in [0.25, 0.3) is 5.91 Å². The van der Waals surface area contributed by atoms with Gasteiger partial charge in [0, 0.05) is 48.5 Å². The number of urea groups is 1. The van der Waals surface area contributed by atoms with Gasteiger partial charge in [-0.1, -0.05) is 24.3 Å². The maximum atomic E-state index is 13.1. The van der Waals surface area contributed by atoms with Crippen molar-refractivity contribution in [3.05, 3.63) is 59.7 Å². The number of nitrogens with one attached hydrogen (secondary N) is 2. The summed E-state index contributed by atoms with van der Waals surface area (Å²) in [6.45, 7) is 4.32. The monoisotopic (exact) mass is 390 g/mol. The highest BCUT2D eigenvalue weighted by Gasteiger charge is 2.41. The minimum atomic E-state index is -0.0788. The molecule has 2 N–H and O–H groups in total. The van der Waals surface area contributed by atoms with Crippen LogP contribution in [0.25, 0.3) is 0 Å². The van der Waals surface area contributed by atoms with E-state index in [9.17, 15) is 9.59 Å². The summed E-state index contributed by atoms with van der Waals surface area (Å²) in [4.78, 5) is 29.6. The molecule has 2 saturated heterocycles. The van der Waals surface area contributed by atoms with Gasteiger partial charge in [-0.15, -0.1) is 0 Å². The Labute approximate surface area is 170 Å². The molecule has 0 aromatic heterocycles. The standard InChI is InChI=1S/C23H26N4O2/c28-21(27-12-8-17-4-1-2-7-20(17)27)18-5-3-6-19(14-18)25-22(29)26-13-10-23(16-26)9-11-24-15-23/h1-7,14,24H,8-13,15-16H2,(H,25,29). The number of hydrogen-bond donors (Lipinski definition) is 2. The van der Waals surface area contributed by atoms with E-state index in [1.165, 1.54) is 5.56 Å². The van der Waals surface area contributed by atoms with Crippen LogP contribution < -0.4 is 15.5 Å². The molecule has 6 nitrogen and oxygen atoms in total. The fraction of sp³-hybridized carbons (Fsp3) is 0.391. The minimum absolute atomic E-state index is 0.0248. The minimum Gasteiger partial charge on any atom is -0.324 e. The summed E-state index contributed by atoms with van der Waals surface area (Å²) in [5.74, 6) is -0.0248. The zero-order valence-electron chi connectivity index (χ0n) is 16.5. The van der Waals surface area contributed by atoms with Gasteiger partial charge in [-0.3, -0.25) is 4.79 Å². The van der Waals surface area contributed by atoms with Crippen LogP contribution in [0, 0.1) is 5.41 Å². The summed E-state index contributed by atoms with van der Waals surface area (Å²) in [7, 11) is 0. The average Bonchev–Trinajstić information content (AvgIpc) is 3.48. The van der Waals surface area contributed by atoms with Crippen molar-refractivity contribution in [3.8, 4) is 0 Å². The largest absolute Gasteiger partial charge is 0.324 e. The van der Waals surface area contributed by atoms with Crippen molar-refractivity contribution < 1.29 is 9.59 Å². The Hall–Kier alpha value is -2.86. The first kappa shape index (κ1) is 18.2. The molecule has 2 aromatic rings. The van der Waals surface area contributed by atoms with Gasteiger partial charge in [-0.25, -0.2) is 4.79 Å². The van der Waals surface area contributed by atoms with Crippen LogP contribution in [-0.2, 0) is 6.42 Å². The molecule has 2 aromatic carbocycles. The number of anilines is 2. The molecule has 1 atom stereocenters. The first-order valence-electron chi connectivity index (χ1n) is 10.4. The van der Waals surface area contributed by atoms with Crippen molar-refractivity contribution in [2.75, 3.05) is 42.9 Å². The molecule has 3 aliphatic rings. The van der Waals surface area contributed by atoms with E-state index in [0.29, 0.717) is 17.8 Å². The number of nitrogens with zero attached hydrogens (tertiary/aromatic N) is 2. The van der Waals surface area contributed by atoms with Crippen molar-refractivity contribution in [3.63, 3.8) is 0 Å². The van der Waals surface area contributed by atoms with Crippen LogP contribution in [0.5, 0.6) is 0 Å². The van der Waals surface area contributed by atoms with Gasteiger partial charge in [0.2, 0.25) is 0 Å². The number of para-hydroxylation sites is 1. The van der Waals surface area contributed by atoms with E-state index < -0.39 is 0 Å². The number of benzene rings is 2. The fourth-order valence-corrected chi connectivity index (χ4v) is 4.89. The van der Waals surface area contributed by atoms with Crippen LogP contribution in [-0.4, -0.2) is 49.6 Å². The van der Waals surface area contributed by atoms with E-state index in [-0.39, 0.29) is 17.4 Å². The Balaban J connectivity index is 1.28. The lowest BCUT2D eigenvalue weighted by molar-refractivity contribution is 0.0989. The second-order valence-electron chi connectivity index (χ2n) is 8.44. The van der Waals surface area contributed by atoms with Gasteiger partial charge in [0.15, 0.2) is 0 Å². The number of carbonyl (C=O) groups is 2. The quantitative estimate of drug-likeness (QED) is 0.828. The molecule has 150 valence electrons. The van der Waals surface area contributed by atoms with Crippen LogP contribution in [0.4, 0.5) is 16.2 Å². The zero-order valence-corrected chi connectivity index (χ0v) is 16.5. The molecule has 1 spiro atoms. The predicted octanol–water partition coefficient (Wildman–Crippen LogP) is 3.11. The Morgan fingerprint density at radius 2 is 1.93 bits per heavy atom. The van der Waals surface area contributed by atoms with Gasteiger partial charge in [0.05, 0.1) is 0 Å². The SMILES string of the molecule is O=C(Nc1cccc(C(=O)N2CCc3ccccc32)c1)N1CCC2(CCNC2)C1. The summed E-state index contributed by atoms with van der Waals surface area (Å²) >= 11 is 0. The molecular weight excluding hydrogens is 364 g/mol. The summed E-state index contributed by atoms with van der Waals surface area (Å²) in [6.07, 6.45) is 3.07. The van der Waals surface area contributed by atoms with E-state index in [2.05, 4.69) is 16.7 Å². The first-order chi connectivity index (χ1) is 14.1. The summed E-state index contributed by atoms with van der Waals surface area (Å²) in [6, 6.07) is 15.2. The number of amides is 3. The van der Waals surface area contributed by atoms with E-state index in [0.717, 1.165) is 51.1 Å². The maximum Gasteiger partial charge on any atom is 0.321 e. The normalized spacial score (nSPS) is 22.9. The summed E-state index contributed by atoms with van der Waals surface area (Å²) < 4.78 is 0. The lowest BCUT2D eigenvalue weighted by Crippen LogP contribution is -2.36. The molecule has 3 heterocycles. The molecule has 0 aliphatic carbocycles. The Morgan fingerprint density at radius 3 is 2.79 bits per heavy atom. The van der Waals surface area contributed by atoms with Crippen molar-refractivity contribution in [1.82, 2.24) is 10.2 Å². The highest BCUT2D eigenvalue weighted by Crippen LogP contribution is 2.36. The molecule has 5 rings (SSSR count). The predicted molar refractivity (Wildman–Crippen MR) is 113 cm³/mol. The smallest absolute Gasteiger partial charge is 0.321 e. The van der Waals surface area contributed by atoms with Gasteiger partial charge >= 0.3 is 6.03 Å². The molecule has 1 unspecified atom stereocenters. The molecule has 3 aliphatic heterocycles. The third-order valence-corrected chi connectivity index (χ3v) is 6.55. The second kappa shape index (κ2) is 7.19. The molecular formula is C23H26N4O2. The van der Waals surface area contributed by atoms with Gasteiger partial charge < -0.3 is 20.4 Å². The lowest BCUT2D eigenvalue weighted by atomic mass is 9.87. The van der Waals surface area contributed by atoms with E-state index >= 15 is 0 Å². The molecule has 6 heteroatoms. The highest BCUT2D eigenvalue weighted by atomic mass is 16.2. The molecule has 3 amide bonds. The zero-order chi connectivity index (χ0) is 19.8.